The summed E-state index contributed by atoms with van der Waals surface area (Å²) in [7, 11) is 0. The number of halogens is 1. The second kappa shape index (κ2) is 12.0. The van der Waals surface area contributed by atoms with Gasteiger partial charge in [0.25, 0.3) is 5.91 Å². The number of hydrogen-bond acceptors (Lipinski definition) is 8. The number of amides is 1. The maximum atomic E-state index is 14.3. The standard InChI is InChI=1S/C29H36FN5O3S/c1-29(2,3)25-17-26(35-14-12-34(13-15-35)23-9-5-4-8-22(23)30)33-28(32-25)39-19-21-10-11-24(38-21)27(36)31-18-20-7-6-16-37-20/h4-5,8-11,17,20H,6-7,12-16,18-19H2,1-3H3,(H,31,36). The maximum Gasteiger partial charge on any atom is 0.287 e. The molecule has 3 aromatic rings. The molecule has 2 fully saturated rings. The van der Waals surface area contributed by atoms with Crippen molar-refractivity contribution in [2.24, 2.45) is 0 Å². The minimum Gasteiger partial charge on any atom is -0.455 e. The van der Waals surface area contributed by atoms with Crippen molar-refractivity contribution in [1.29, 1.82) is 0 Å². The summed E-state index contributed by atoms with van der Waals surface area (Å²) in [6, 6.07) is 12.5. The number of benzene rings is 1. The van der Waals surface area contributed by atoms with E-state index in [-0.39, 0.29) is 23.2 Å². The number of para-hydroxylation sites is 1. The molecule has 8 nitrogen and oxygen atoms in total. The number of hydrogen-bond donors (Lipinski definition) is 1. The zero-order chi connectivity index (χ0) is 27.4. The molecule has 1 amide bonds. The van der Waals surface area contributed by atoms with Crippen molar-refractivity contribution < 1.29 is 18.3 Å². The third-order valence-corrected chi connectivity index (χ3v) is 7.87. The number of piperazine rings is 1. The molecule has 0 saturated carbocycles. The Morgan fingerprint density at radius 3 is 2.59 bits per heavy atom. The molecule has 208 valence electrons. The van der Waals surface area contributed by atoms with Crippen LogP contribution in [0.5, 0.6) is 0 Å². The van der Waals surface area contributed by atoms with Gasteiger partial charge in [-0.3, -0.25) is 4.79 Å². The Bertz CT molecular complexity index is 1280. The average molecular weight is 554 g/mol. The van der Waals surface area contributed by atoms with E-state index in [1.165, 1.54) is 17.8 Å². The monoisotopic (exact) mass is 553 g/mol. The fourth-order valence-electron chi connectivity index (χ4n) is 4.72. The number of carbonyl (C=O) groups is 1. The quantitative estimate of drug-likeness (QED) is 0.307. The van der Waals surface area contributed by atoms with Crippen LogP contribution in [0.25, 0.3) is 0 Å². The molecule has 4 heterocycles. The lowest BCUT2D eigenvalue weighted by Crippen LogP contribution is -2.47. The maximum absolute atomic E-state index is 14.3. The molecule has 1 unspecified atom stereocenters. The van der Waals surface area contributed by atoms with Gasteiger partial charge in [-0.15, -0.1) is 0 Å². The molecule has 10 heteroatoms. The van der Waals surface area contributed by atoms with E-state index in [0.29, 0.717) is 47.8 Å². The van der Waals surface area contributed by atoms with Crippen molar-refractivity contribution in [2.45, 2.75) is 56.0 Å². The lowest BCUT2D eigenvalue weighted by molar-refractivity contribution is 0.0834. The van der Waals surface area contributed by atoms with E-state index >= 15 is 0 Å². The van der Waals surface area contributed by atoms with Crippen LogP contribution in [0.15, 0.2) is 52.0 Å². The Labute approximate surface area is 233 Å². The van der Waals surface area contributed by atoms with Crippen LogP contribution in [-0.4, -0.2) is 61.3 Å². The molecule has 2 aromatic heterocycles. The van der Waals surface area contributed by atoms with Gasteiger partial charge in [0.15, 0.2) is 10.9 Å². The summed E-state index contributed by atoms with van der Waals surface area (Å²) in [6.07, 6.45) is 2.09. The Hall–Kier alpha value is -3.11. The zero-order valence-electron chi connectivity index (χ0n) is 22.8. The van der Waals surface area contributed by atoms with Crippen molar-refractivity contribution in [3.05, 3.63) is 65.5 Å². The second-order valence-corrected chi connectivity index (χ2v) is 11.9. The average Bonchev–Trinajstić information content (AvgIpc) is 3.63. The molecule has 1 aromatic carbocycles. The van der Waals surface area contributed by atoms with Crippen molar-refractivity contribution >= 4 is 29.2 Å². The summed E-state index contributed by atoms with van der Waals surface area (Å²) in [6.45, 7) is 10.6. The first-order valence-electron chi connectivity index (χ1n) is 13.5. The first-order chi connectivity index (χ1) is 18.8. The first kappa shape index (κ1) is 27.5. The van der Waals surface area contributed by atoms with Gasteiger partial charge in [-0.25, -0.2) is 14.4 Å². The highest BCUT2D eigenvalue weighted by Crippen LogP contribution is 2.30. The van der Waals surface area contributed by atoms with E-state index in [4.69, 9.17) is 19.1 Å². The van der Waals surface area contributed by atoms with Crippen molar-refractivity contribution in [3.63, 3.8) is 0 Å². The highest BCUT2D eigenvalue weighted by atomic mass is 32.2. The summed E-state index contributed by atoms with van der Waals surface area (Å²) >= 11 is 1.49. The van der Waals surface area contributed by atoms with E-state index < -0.39 is 0 Å². The first-order valence-corrected chi connectivity index (χ1v) is 14.5. The minimum atomic E-state index is -0.232. The summed E-state index contributed by atoms with van der Waals surface area (Å²) in [4.78, 5) is 26.5. The largest absolute Gasteiger partial charge is 0.455 e. The molecule has 0 spiro atoms. The van der Waals surface area contributed by atoms with Gasteiger partial charge in [0.05, 0.1) is 23.2 Å². The number of furan rings is 1. The molecular weight excluding hydrogens is 517 g/mol. The molecule has 0 aliphatic carbocycles. The van der Waals surface area contributed by atoms with Gasteiger partial charge in [-0.2, -0.15) is 0 Å². The van der Waals surface area contributed by atoms with Gasteiger partial charge >= 0.3 is 0 Å². The number of rotatable bonds is 8. The van der Waals surface area contributed by atoms with Crippen molar-refractivity contribution in [2.75, 3.05) is 49.1 Å². The third-order valence-electron chi connectivity index (χ3n) is 7.00. The number of carbonyl (C=O) groups excluding carboxylic acids is 1. The van der Waals surface area contributed by atoms with E-state index in [9.17, 15) is 9.18 Å². The predicted molar refractivity (Wildman–Crippen MR) is 151 cm³/mol. The fourth-order valence-corrected chi connectivity index (χ4v) is 5.47. The van der Waals surface area contributed by atoms with Crippen LogP contribution in [0.1, 0.15) is 55.6 Å². The van der Waals surface area contributed by atoms with Gasteiger partial charge in [0.1, 0.15) is 17.4 Å². The number of ether oxygens (including phenoxy) is 1. The Morgan fingerprint density at radius 1 is 1.10 bits per heavy atom. The molecule has 1 N–H and O–H groups in total. The number of anilines is 2. The van der Waals surface area contributed by atoms with Crippen LogP contribution >= 0.6 is 11.8 Å². The number of aromatic nitrogens is 2. The zero-order valence-corrected chi connectivity index (χ0v) is 23.6. The lowest BCUT2D eigenvalue weighted by Gasteiger charge is -2.37. The second-order valence-electron chi connectivity index (χ2n) is 11.0. The number of nitrogens with zero attached hydrogens (tertiary/aromatic N) is 4. The molecule has 2 saturated heterocycles. The third kappa shape index (κ3) is 6.91. The molecule has 5 rings (SSSR count). The molecule has 2 aliphatic heterocycles. The normalized spacial score (nSPS) is 18.0. The minimum absolute atomic E-state index is 0.0860. The van der Waals surface area contributed by atoms with Gasteiger partial charge in [0.2, 0.25) is 0 Å². The SMILES string of the molecule is CC(C)(C)c1cc(N2CCN(c3ccccc3F)CC2)nc(SCc2ccc(C(=O)NCC3CCCO3)o2)n1. The highest BCUT2D eigenvalue weighted by Gasteiger charge is 2.24. The van der Waals surface area contributed by atoms with Gasteiger partial charge in [-0.05, 0) is 37.1 Å². The van der Waals surface area contributed by atoms with E-state index in [0.717, 1.165) is 44.0 Å². The summed E-state index contributed by atoms with van der Waals surface area (Å²) in [5.41, 5.74) is 1.45. The Balaban J connectivity index is 1.23. The molecule has 2 aliphatic rings. The summed E-state index contributed by atoms with van der Waals surface area (Å²) in [5, 5.41) is 3.56. The van der Waals surface area contributed by atoms with Crippen molar-refractivity contribution in [3.8, 4) is 0 Å². The van der Waals surface area contributed by atoms with Crippen LogP contribution in [0.3, 0.4) is 0 Å². The van der Waals surface area contributed by atoms with Crippen LogP contribution in [0.2, 0.25) is 0 Å². The molecule has 0 bridgehead atoms. The van der Waals surface area contributed by atoms with E-state index in [2.05, 4.69) is 42.0 Å². The predicted octanol–water partition coefficient (Wildman–Crippen LogP) is 5.03. The number of thioether (sulfide) groups is 1. The molecule has 0 radical (unpaired) electrons. The van der Waals surface area contributed by atoms with Crippen LogP contribution in [0.4, 0.5) is 15.9 Å². The van der Waals surface area contributed by atoms with E-state index in [1.807, 2.05) is 18.2 Å². The topological polar surface area (TPSA) is 83.7 Å². The van der Waals surface area contributed by atoms with Gasteiger partial charge < -0.3 is 24.3 Å². The molecular formula is C29H36FN5O3S. The van der Waals surface area contributed by atoms with Crippen LogP contribution < -0.4 is 15.1 Å². The smallest absolute Gasteiger partial charge is 0.287 e. The van der Waals surface area contributed by atoms with Crippen molar-refractivity contribution in [1.82, 2.24) is 15.3 Å². The highest BCUT2D eigenvalue weighted by molar-refractivity contribution is 7.98. The van der Waals surface area contributed by atoms with E-state index in [1.54, 1.807) is 12.1 Å². The van der Waals surface area contributed by atoms with Gasteiger partial charge in [-0.1, -0.05) is 44.7 Å². The summed E-state index contributed by atoms with van der Waals surface area (Å²) in [5.74, 6) is 1.94. The molecule has 39 heavy (non-hydrogen) atoms. The Kier molecular flexibility index (Phi) is 8.42. The summed E-state index contributed by atoms with van der Waals surface area (Å²) < 4.78 is 25.7. The van der Waals surface area contributed by atoms with Crippen LogP contribution in [-0.2, 0) is 15.9 Å². The Morgan fingerprint density at radius 2 is 1.87 bits per heavy atom. The fraction of sp³-hybridized carbons (Fsp3) is 0.483. The molecule has 1 atom stereocenters. The lowest BCUT2D eigenvalue weighted by atomic mass is 9.92. The number of nitrogens with one attached hydrogen (secondary N) is 1. The van der Waals surface area contributed by atoms with Gasteiger partial charge in [0, 0.05) is 50.8 Å². The van der Waals surface area contributed by atoms with Crippen LogP contribution in [0, 0.1) is 5.82 Å².